The third kappa shape index (κ3) is 5.20. The molecule has 0 unspecified atom stereocenters. The SMILES string of the molecule is CCN(CC)C(=O)COc1ccc(NC(=O)c2cccc(C)n2)cc1Cl. The van der Waals surface area contributed by atoms with E-state index in [1.54, 1.807) is 35.2 Å². The highest BCUT2D eigenvalue weighted by molar-refractivity contribution is 6.32. The number of benzene rings is 1. The van der Waals surface area contributed by atoms with Crippen LogP contribution >= 0.6 is 11.6 Å². The molecule has 7 heteroatoms. The number of nitrogens with zero attached hydrogens (tertiary/aromatic N) is 2. The first-order chi connectivity index (χ1) is 12.4. The summed E-state index contributed by atoms with van der Waals surface area (Å²) in [4.78, 5) is 30.1. The van der Waals surface area contributed by atoms with Crippen molar-refractivity contribution in [3.05, 3.63) is 52.8 Å². The van der Waals surface area contributed by atoms with Gasteiger partial charge < -0.3 is 15.0 Å². The molecule has 0 fully saturated rings. The van der Waals surface area contributed by atoms with E-state index in [9.17, 15) is 9.59 Å². The lowest BCUT2D eigenvalue weighted by Crippen LogP contribution is -2.34. The largest absolute Gasteiger partial charge is 0.482 e. The average Bonchev–Trinajstić information content (AvgIpc) is 2.62. The monoisotopic (exact) mass is 375 g/mol. The van der Waals surface area contributed by atoms with E-state index in [2.05, 4.69) is 10.3 Å². The number of aryl methyl sites for hydroxylation is 1. The first kappa shape index (κ1) is 19.7. The Morgan fingerprint density at radius 3 is 2.54 bits per heavy atom. The van der Waals surface area contributed by atoms with E-state index in [1.165, 1.54) is 0 Å². The van der Waals surface area contributed by atoms with Crippen LogP contribution in [0, 0.1) is 6.92 Å². The fraction of sp³-hybridized carbons (Fsp3) is 0.316. The lowest BCUT2D eigenvalue weighted by molar-refractivity contribution is -0.132. The molecule has 138 valence electrons. The zero-order chi connectivity index (χ0) is 19.1. The predicted molar refractivity (Wildman–Crippen MR) is 102 cm³/mol. The van der Waals surface area contributed by atoms with Crippen molar-refractivity contribution in [2.75, 3.05) is 25.0 Å². The number of carbonyl (C=O) groups is 2. The molecule has 1 aromatic carbocycles. The normalized spacial score (nSPS) is 10.3. The molecule has 6 nitrogen and oxygen atoms in total. The van der Waals surface area contributed by atoms with Crippen molar-refractivity contribution in [3.63, 3.8) is 0 Å². The van der Waals surface area contributed by atoms with Crippen LogP contribution in [0.4, 0.5) is 5.69 Å². The maximum absolute atomic E-state index is 12.2. The molecule has 0 saturated carbocycles. The van der Waals surface area contributed by atoms with E-state index in [-0.39, 0.29) is 18.4 Å². The zero-order valence-electron chi connectivity index (χ0n) is 15.1. The Labute approximate surface area is 158 Å². The average molecular weight is 376 g/mol. The van der Waals surface area contributed by atoms with Crippen molar-refractivity contribution in [2.45, 2.75) is 20.8 Å². The van der Waals surface area contributed by atoms with Gasteiger partial charge in [0.25, 0.3) is 11.8 Å². The Morgan fingerprint density at radius 2 is 1.92 bits per heavy atom. The second-order valence-corrected chi connectivity index (χ2v) is 6.03. The molecule has 0 aliphatic heterocycles. The van der Waals surface area contributed by atoms with E-state index >= 15 is 0 Å². The van der Waals surface area contributed by atoms with E-state index in [0.29, 0.717) is 35.2 Å². The van der Waals surface area contributed by atoms with Gasteiger partial charge in [0.1, 0.15) is 11.4 Å². The van der Waals surface area contributed by atoms with Gasteiger partial charge in [0.15, 0.2) is 6.61 Å². The molecule has 2 amide bonds. The lowest BCUT2D eigenvalue weighted by Gasteiger charge is -2.19. The number of hydrogen-bond donors (Lipinski definition) is 1. The van der Waals surface area contributed by atoms with E-state index in [0.717, 1.165) is 5.69 Å². The van der Waals surface area contributed by atoms with Crippen molar-refractivity contribution in [2.24, 2.45) is 0 Å². The number of halogens is 1. The van der Waals surface area contributed by atoms with Gasteiger partial charge in [0, 0.05) is 24.5 Å². The summed E-state index contributed by atoms with van der Waals surface area (Å²) in [5, 5.41) is 3.05. The molecule has 1 heterocycles. The summed E-state index contributed by atoms with van der Waals surface area (Å²) in [6.45, 7) is 6.82. The number of aromatic nitrogens is 1. The van der Waals surface area contributed by atoms with Crippen LogP contribution < -0.4 is 10.1 Å². The van der Waals surface area contributed by atoms with Crippen LogP contribution in [-0.4, -0.2) is 41.4 Å². The highest BCUT2D eigenvalue weighted by Crippen LogP contribution is 2.28. The third-order valence-corrected chi connectivity index (χ3v) is 4.07. The van der Waals surface area contributed by atoms with Crippen LogP contribution in [0.2, 0.25) is 5.02 Å². The minimum Gasteiger partial charge on any atom is -0.482 e. The highest BCUT2D eigenvalue weighted by Gasteiger charge is 2.13. The van der Waals surface area contributed by atoms with Crippen molar-refractivity contribution < 1.29 is 14.3 Å². The van der Waals surface area contributed by atoms with Gasteiger partial charge in [-0.05, 0) is 51.1 Å². The standard InChI is InChI=1S/C19H22ClN3O3/c1-4-23(5-2)18(24)12-26-17-10-9-14(11-15(17)20)22-19(25)16-8-6-7-13(3)21-16/h6-11H,4-5,12H2,1-3H3,(H,22,25). The number of ether oxygens (including phenoxy) is 1. The summed E-state index contributed by atoms with van der Waals surface area (Å²) >= 11 is 6.20. The molecule has 0 atom stereocenters. The molecule has 2 rings (SSSR count). The van der Waals surface area contributed by atoms with Gasteiger partial charge in [0.2, 0.25) is 0 Å². The smallest absolute Gasteiger partial charge is 0.274 e. The molecule has 1 aromatic heterocycles. The maximum atomic E-state index is 12.2. The number of nitrogens with one attached hydrogen (secondary N) is 1. The van der Waals surface area contributed by atoms with E-state index < -0.39 is 0 Å². The molecule has 0 radical (unpaired) electrons. The van der Waals surface area contributed by atoms with Gasteiger partial charge in [-0.3, -0.25) is 9.59 Å². The molecule has 26 heavy (non-hydrogen) atoms. The quantitative estimate of drug-likeness (QED) is 0.803. The summed E-state index contributed by atoms with van der Waals surface area (Å²) in [7, 11) is 0. The Balaban J connectivity index is 2.00. The molecule has 0 aliphatic carbocycles. The van der Waals surface area contributed by atoms with E-state index in [1.807, 2.05) is 26.8 Å². The molecule has 0 bridgehead atoms. The Morgan fingerprint density at radius 1 is 1.19 bits per heavy atom. The van der Waals surface area contributed by atoms with Crippen LogP contribution in [-0.2, 0) is 4.79 Å². The molecular formula is C19H22ClN3O3. The Hall–Kier alpha value is -2.60. The molecule has 1 N–H and O–H groups in total. The number of anilines is 1. The second-order valence-electron chi connectivity index (χ2n) is 5.62. The van der Waals surface area contributed by atoms with Gasteiger partial charge in [-0.1, -0.05) is 17.7 Å². The van der Waals surface area contributed by atoms with Crippen molar-refractivity contribution in [3.8, 4) is 5.75 Å². The number of rotatable bonds is 7. The fourth-order valence-corrected chi connectivity index (χ4v) is 2.60. The summed E-state index contributed by atoms with van der Waals surface area (Å²) in [6, 6.07) is 10.1. The van der Waals surface area contributed by atoms with E-state index in [4.69, 9.17) is 16.3 Å². The maximum Gasteiger partial charge on any atom is 0.274 e. The van der Waals surface area contributed by atoms with Gasteiger partial charge in [-0.15, -0.1) is 0 Å². The summed E-state index contributed by atoms with van der Waals surface area (Å²) in [5.41, 5.74) is 1.61. The number of carbonyl (C=O) groups excluding carboxylic acids is 2. The number of hydrogen-bond acceptors (Lipinski definition) is 4. The summed E-state index contributed by atoms with van der Waals surface area (Å²) in [5.74, 6) is -0.0389. The van der Waals surface area contributed by atoms with Gasteiger partial charge >= 0.3 is 0 Å². The zero-order valence-corrected chi connectivity index (χ0v) is 15.8. The van der Waals surface area contributed by atoms with Crippen LogP contribution in [0.1, 0.15) is 30.0 Å². The molecular weight excluding hydrogens is 354 g/mol. The third-order valence-electron chi connectivity index (χ3n) is 3.78. The van der Waals surface area contributed by atoms with Crippen LogP contribution in [0.5, 0.6) is 5.75 Å². The molecule has 0 spiro atoms. The molecule has 0 aliphatic rings. The van der Waals surface area contributed by atoms with Gasteiger partial charge in [-0.25, -0.2) is 4.98 Å². The topological polar surface area (TPSA) is 71.5 Å². The van der Waals surface area contributed by atoms with Gasteiger partial charge in [-0.2, -0.15) is 0 Å². The summed E-state index contributed by atoms with van der Waals surface area (Å²) < 4.78 is 5.50. The fourth-order valence-electron chi connectivity index (χ4n) is 2.37. The van der Waals surface area contributed by atoms with Crippen LogP contribution in [0.15, 0.2) is 36.4 Å². The van der Waals surface area contributed by atoms with Crippen molar-refractivity contribution in [1.29, 1.82) is 0 Å². The number of amides is 2. The van der Waals surface area contributed by atoms with Crippen LogP contribution in [0.25, 0.3) is 0 Å². The van der Waals surface area contributed by atoms with Gasteiger partial charge in [0.05, 0.1) is 5.02 Å². The lowest BCUT2D eigenvalue weighted by atomic mass is 10.2. The first-order valence-electron chi connectivity index (χ1n) is 8.39. The Kier molecular flexibility index (Phi) is 6.97. The first-order valence-corrected chi connectivity index (χ1v) is 8.77. The van der Waals surface area contributed by atoms with Crippen molar-refractivity contribution >= 4 is 29.1 Å². The number of pyridine rings is 1. The second kappa shape index (κ2) is 9.20. The highest BCUT2D eigenvalue weighted by atomic mass is 35.5. The minimum absolute atomic E-state index is 0.0830. The molecule has 2 aromatic rings. The predicted octanol–water partition coefficient (Wildman–Crippen LogP) is 3.54. The number of likely N-dealkylation sites (N-methyl/N-ethyl adjacent to an activating group) is 1. The Bertz CT molecular complexity index is 791. The molecule has 0 saturated heterocycles. The minimum atomic E-state index is -0.324. The summed E-state index contributed by atoms with van der Waals surface area (Å²) in [6.07, 6.45) is 0. The van der Waals surface area contributed by atoms with Crippen molar-refractivity contribution in [1.82, 2.24) is 9.88 Å². The van der Waals surface area contributed by atoms with Crippen LogP contribution in [0.3, 0.4) is 0 Å².